The van der Waals surface area contributed by atoms with Gasteiger partial charge in [-0.1, -0.05) is 42.5 Å². The molecule has 5 nitrogen and oxygen atoms in total. The zero-order valence-electron chi connectivity index (χ0n) is 16.9. The Morgan fingerprint density at radius 3 is 2.55 bits per heavy atom. The summed E-state index contributed by atoms with van der Waals surface area (Å²) in [6, 6.07) is 17.7. The maximum Gasteiger partial charge on any atom is 0.254 e. The molecule has 0 N–H and O–H groups in total. The number of hydrogen-bond donors (Lipinski definition) is 0. The van der Waals surface area contributed by atoms with Crippen LogP contribution in [0.25, 0.3) is 10.8 Å². The molecule has 5 heteroatoms. The zero-order chi connectivity index (χ0) is 20.4. The van der Waals surface area contributed by atoms with E-state index in [0.29, 0.717) is 25.3 Å². The third-order valence-corrected chi connectivity index (χ3v) is 5.80. The molecule has 4 rings (SSSR count). The lowest BCUT2D eigenvalue weighted by Gasteiger charge is -2.32. The van der Waals surface area contributed by atoms with E-state index in [9.17, 15) is 9.59 Å². The van der Waals surface area contributed by atoms with Crippen molar-refractivity contribution < 1.29 is 9.53 Å². The number of hydrogen-bond acceptors (Lipinski definition) is 3. The molecule has 29 heavy (non-hydrogen) atoms. The van der Waals surface area contributed by atoms with Crippen molar-refractivity contribution in [3.63, 3.8) is 0 Å². The maximum atomic E-state index is 12.8. The number of nitrogens with zero attached hydrogens (tertiary/aromatic N) is 2. The van der Waals surface area contributed by atoms with Gasteiger partial charge in [-0.15, -0.1) is 0 Å². The molecular formula is C24H26N2O3. The van der Waals surface area contributed by atoms with Gasteiger partial charge in [-0.25, -0.2) is 0 Å². The summed E-state index contributed by atoms with van der Waals surface area (Å²) in [6.07, 6.45) is 1.99. The lowest BCUT2D eigenvalue weighted by molar-refractivity contribution is -0.132. The van der Waals surface area contributed by atoms with Crippen LogP contribution < -0.4 is 10.3 Å². The summed E-state index contributed by atoms with van der Waals surface area (Å²) < 4.78 is 7.62. The average molecular weight is 390 g/mol. The fourth-order valence-electron chi connectivity index (χ4n) is 3.94. The van der Waals surface area contributed by atoms with Crippen LogP contribution in [0.4, 0.5) is 0 Å². The highest BCUT2D eigenvalue weighted by atomic mass is 16.5. The second-order valence-corrected chi connectivity index (χ2v) is 7.74. The van der Waals surface area contributed by atoms with E-state index in [0.717, 1.165) is 34.9 Å². The van der Waals surface area contributed by atoms with E-state index >= 15 is 0 Å². The summed E-state index contributed by atoms with van der Waals surface area (Å²) in [7, 11) is 1.75. The van der Waals surface area contributed by atoms with E-state index in [4.69, 9.17) is 4.74 Å². The number of rotatable bonds is 4. The Bertz CT molecular complexity index is 1090. The monoisotopic (exact) mass is 390 g/mol. The van der Waals surface area contributed by atoms with Crippen LogP contribution in [0.3, 0.4) is 0 Å². The number of pyridine rings is 1. The smallest absolute Gasteiger partial charge is 0.254 e. The van der Waals surface area contributed by atoms with Crippen molar-refractivity contribution in [1.29, 1.82) is 0 Å². The molecule has 1 aliphatic rings. The predicted octanol–water partition coefficient (Wildman–Crippen LogP) is 3.46. The fourth-order valence-corrected chi connectivity index (χ4v) is 3.94. The number of carbonyl (C=O) groups is 1. The Balaban J connectivity index is 1.37. The molecule has 0 atom stereocenters. The number of piperidine rings is 1. The van der Waals surface area contributed by atoms with Crippen molar-refractivity contribution in [3.8, 4) is 5.75 Å². The van der Waals surface area contributed by atoms with Crippen LogP contribution in [0.1, 0.15) is 24.1 Å². The van der Waals surface area contributed by atoms with E-state index in [1.54, 1.807) is 11.6 Å². The van der Waals surface area contributed by atoms with E-state index in [1.807, 2.05) is 42.2 Å². The molecule has 0 unspecified atom stereocenters. The van der Waals surface area contributed by atoms with Crippen LogP contribution in [0.5, 0.6) is 5.75 Å². The van der Waals surface area contributed by atoms with Crippen LogP contribution in [-0.4, -0.2) is 34.6 Å². The van der Waals surface area contributed by atoms with Crippen molar-refractivity contribution in [1.82, 2.24) is 9.47 Å². The van der Waals surface area contributed by atoms with Gasteiger partial charge < -0.3 is 14.2 Å². The van der Waals surface area contributed by atoms with Gasteiger partial charge in [0.25, 0.3) is 5.56 Å². The molecule has 3 aromatic rings. The highest BCUT2D eigenvalue weighted by Crippen LogP contribution is 2.22. The molecule has 150 valence electrons. The summed E-state index contributed by atoms with van der Waals surface area (Å²) in [5, 5.41) is 2.30. The van der Waals surface area contributed by atoms with Gasteiger partial charge >= 0.3 is 0 Å². The molecule has 2 aromatic carbocycles. The van der Waals surface area contributed by atoms with Crippen molar-refractivity contribution in [2.45, 2.75) is 32.3 Å². The summed E-state index contributed by atoms with van der Waals surface area (Å²) in [4.78, 5) is 26.7. The van der Waals surface area contributed by atoms with Crippen molar-refractivity contribution in [2.75, 3.05) is 13.1 Å². The average Bonchev–Trinajstić information content (AvgIpc) is 2.73. The lowest BCUT2D eigenvalue weighted by Crippen LogP contribution is -2.42. The first-order valence-corrected chi connectivity index (χ1v) is 10.1. The molecule has 1 aliphatic heterocycles. The molecule has 0 radical (unpaired) electrons. The third-order valence-electron chi connectivity index (χ3n) is 5.80. The Morgan fingerprint density at radius 2 is 1.79 bits per heavy atom. The third kappa shape index (κ3) is 4.19. The van der Waals surface area contributed by atoms with Crippen LogP contribution >= 0.6 is 0 Å². The number of likely N-dealkylation sites (tertiary alicyclic amines) is 1. The number of fused-ring (bicyclic) bond motifs is 1. The summed E-state index contributed by atoms with van der Waals surface area (Å²) in [6.45, 7) is 3.25. The molecule has 0 aliphatic carbocycles. The molecule has 0 spiro atoms. The van der Waals surface area contributed by atoms with Crippen LogP contribution in [-0.2, 0) is 18.3 Å². The largest absolute Gasteiger partial charge is 0.490 e. The minimum absolute atomic E-state index is 0.0307. The molecule has 1 saturated heterocycles. The second kappa shape index (κ2) is 8.11. The molecule has 2 heterocycles. The Labute approximate surface area is 170 Å². The summed E-state index contributed by atoms with van der Waals surface area (Å²) in [5.74, 6) is 0.773. The van der Waals surface area contributed by atoms with Gasteiger partial charge in [0, 0.05) is 44.7 Å². The van der Waals surface area contributed by atoms with Crippen LogP contribution in [0.15, 0.2) is 59.4 Å². The zero-order valence-corrected chi connectivity index (χ0v) is 16.9. The summed E-state index contributed by atoms with van der Waals surface area (Å²) in [5.41, 5.74) is 1.87. The Kier molecular flexibility index (Phi) is 5.38. The van der Waals surface area contributed by atoms with Gasteiger partial charge in [0.15, 0.2) is 0 Å². The topological polar surface area (TPSA) is 51.5 Å². The molecule has 0 saturated carbocycles. The van der Waals surface area contributed by atoms with Crippen molar-refractivity contribution in [2.24, 2.45) is 7.05 Å². The number of carbonyl (C=O) groups excluding carboxylic acids is 1. The minimum atomic E-state index is -0.0669. The van der Waals surface area contributed by atoms with Gasteiger partial charge in [-0.05, 0) is 29.3 Å². The standard InChI is InChI=1S/C24H26N2O3/c1-17-14-21(16-23(27)25(17)2)29-20-10-12-26(13-11-20)24(28)15-19-8-5-7-18-6-3-4-9-22(18)19/h3-9,14,16,20H,10-13,15H2,1-2H3. The number of aromatic nitrogens is 1. The van der Waals surface area contributed by atoms with Gasteiger partial charge in [0.05, 0.1) is 6.42 Å². The normalized spacial score (nSPS) is 14.9. The Hall–Kier alpha value is -3.08. The second-order valence-electron chi connectivity index (χ2n) is 7.74. The molecular weight excluding hydrogens is 364 g/mol. The SMILES string of the molecule is Cc1cc(OC2CCN(C(=O)Cc3cccc4ccccc34)CC2)cc(=O)n1C. The van der Waals surface area contributed by atoms with Gasteiger partial charge in [-0.2, -0.15) is 0 Å². The number of ether oxygens (including phenoxy) is 1. The number of amides is 1. The quantitative estimate of drug-likeness (QED) is 0.686. The van der Waals surface area contributed by atoms with E-state index < -0.39 is 0 Å². The molecule has 1 aromatic heterocycles. The first kappa shape index (κ1) is 19.2. The van der Waals surface area contributed by atoms with Gasteiger partial charge in [0.2, 0.25) is 5.91 Å². The lowest BCUT2D eigenvalue weighted by atomic mass is 10.0. The van der Waals surface area contributed by atoms with E-state index in [2.05, 4.69) is 18.2 Å². The van der Waals surface area contributed by atoms with Crippen LogP contribution in [0, 0.1) is 6.92 Å². The molecule has 0 bridgehead atoms. The van der Waals surface area contributed by atoms with Crippen molar-refractivity contribution >= 4 is 16.7 Å². The maximum absolute atomic E-state index is 12.8. The van der Waals surface area contributed by atoms with Gasteiger partial charge in [-0.3, -0.25) is 9.59 Å². The summed E-state index contributed by atoms with van der Waals surface area (Å²) >= 11 is 0. The highest BCUT2D eigenvalue weighted by Gasteiger charge is 2.24. The van der Waals surface area contributed by atoms with Gasteiger partial charge in [0.1, 0.15) is 11.9 Å². The van der Waals surface area contributed by atoms with Crippen LogP contribution in [0.2, 0.25) is 0 Å². The Morgan fingerprint density at radius 1 is 1.07 bits per heavy atom. The predicted molar refractivity (Wildman–Crippen MR) is 114 cm³/mol. The van der Waals surface area contributed by atoms with E-state index in [-0.39, 0.29) is 17.6 Å². The molecule has 1 fully saturated rings. The highest BCUT2D eigenvalue weighted by molar-refractivity contribution is 5.90. The minimum Gasteiger partial charge on any atom is -0.490 e. The number of benzene rings is 2. The first-order chi connectivity index (χ1) is 14.0. The van der Waals surface area contributed by atoms with Crippen molar-refractivity contribution in [3.05, 3.63) is 76.2 Å². The first-order valence-electron chi connectivity index (χ1n) is 10.1. The fraction of sp³-hybridized carbons (Fsp3) is 0.333. The van der Waals surface area contributed by atoms with E-state index in [1.165, 1.54) is 6.07 Å². The number of aryl methyl sites for hydroxylation is 1. The molecule has 1 amide bonds.